The molecule has 0 saturated carbocycles. The number of hydrogen-bond donors (Lipinski definition) is 0. The largest absolute Gasteiger partial charge is 0.309 e. The molecule has 2 aromatic rings. The fourth-order valence-corrected chi connectivity index (χ4v) is 4.14. The van der Waals surface area contributed by atoms with E-state index in [1.165, 1.54) is 5.56 Å². The molecule has 26 heavy (non-hydrogen) atoms. The summed E-state index contributed by atoms with van der Waals surface area (Å²) < 4.78 is 1.14. The standard InChI is InChI=1S/C22H27BrN2O/c1-2-22(26)25(20-9-4-3-5-10-20)21-12-15-24(16-13-21)14-11-18-7-6-8-19(23)17-18/h3-10,17,21H,2,11-16H2,1H3. The minimum Gasteiger partial charge on any atom is -0.309 e. The highest BCUT2D eigenvalue weighted by Gasteiger charge is 2.28. The van der Waals surface area contributed by atoms with Crippen LogP contribution in [-0.2, 0) is 11.2 Å². The maximum atomic E-state index is 12.5. The molecule has 1 fully saturated rings. The van der Waals surface area contributed by atoms with Gasteiger partial charge in [0.15, 0.2) is 0 Å². The van der Waals surface area contributed by atoms with Crippen LogP contribution in [0.4, 0.5) is 5.69 Å². The maximum Gasteiger partial charge on any atom is 0.226 e. The number of piperidine rings is 1. The zero-order valence-electron chi connectivity index (χ0n) is 15.4. The smallest absolute Gasteiger partial charge is 0.226 e. The molecule has 0 bridgehead atoms. The Morgan fingerprint density at radius 2 is 1.85 bits per heavy atom. The molecule has 0 aromatic heterocycles. The fourth-order valence-electron chi connectivity index (χ4n) is 3.70. The average Bonchev–Trinajstić information content (AvgIpc) is 2.68. The average molecular weight is 415 g/mol. The number of amides is 1. The Morgan fingerprint density at radius 1 is 1.12 bits per heavy atom. The Balaban J connectivity index is 1.57. The molecule has 0 unspecified atom stereocenters. The van der Waals surface area contributed by atoms with Gasteiger partial charge in [0.1, 0.15) is 0 Å². The van der Waals surface area contributed by atoms with Gasteiger partial charge < -0.3 is 9.80 Å². The van der Waals surface area contributed by atoms with Crippen molar-refractivity contribution in [2.45, 2.75) is 38.6 Å². The van der Waals surface area contributed by atoms with Gasteiger partial charge in [0.2, 0.25) is 5.91 Å². The van der Waals surface area contributed by atoms with Gasteiger partial charge in [0.25, 0.3) is 0 Å². The van der Waals surface area contributed by atoms with Gasteiger partial charge in [0, 0.05) is 42.3 Å². The van der Waals surface area contributed by atoms with E-state index in [9.17, 15) is 4.79 Å². The van der Waals surface area contributed by atoms with Crippen molar-refractivity contribution in [1.29, 1.82) is 0 Å². The molecular weight excluding hydrogens is 388 g/mol. The molecule has 1 aliphatic rings. The first-order valence-electron chi connectivity index (χ1n) is 9.51. The minimum atomic E-state index is 0.226. The summed E-state index contributed by atoms with van der Waals surface area (Å²) in [5.74, 6) is 0.226. The third-order valence-corrected chi connectivity index (χ3v) is 5.63. The maximum absolute atomic E-state index is 12.5. The first-order chi connectivity index (χ1) is 12.7. The lowest BCUT2D eigenvalue weighted by Gasteiger charge is -2.38. The van der Waals surface area contributed by atoms with Gasteiger partial charge in [0.05, 0.1) is 0 Å². The monoisotopic (exact) mass is 414 g/mol. The van der Waals surface area contributed by atoms with E-state index in [0.717, 1.165) is 49.1 Å². The van der Waals surface area contributed by atoms with Crippen LogP contribution in [0.1, 0.15) is 31.7 Å². The van der Waals surface area contributed by atoms with E-state index in [4.69, 9.17) is 0 Å². The van der Waals surface area contributed by atoms with Crippen molar-refractivity contribution in [3.8, 4) is 0 Å². The molecule has 0 aliphatic carbocycles. The van der Waals surface area contributed by atoms with Crippen LogP contribution in [0.3, 0.4) is 0 Å². The van der Waals surface area contributed by atoms with Crippen molar-refractivity contribution in [3.05, 3.63) is 64.6 Å². The second-order valence-electron chi connectivity index (χ2n) is 6.91. The number of hydrogen-bond acceptors (Lipinski definition) is 2. The lowest BCUT2D eigenvalue weighted by atomic mass is 10.0. The van der Waals surface area contributed by atoms with E-state index in [0.29, 0.717) is 12.5 Å². The van der Waals surface area contributed by atoms with E-state index in [2.05, 4.69) is 45.1 Å². The SMILES string of the molecule is CCC(=O)N(c1ccccc1)C1CCN(CCc2cccc(Br)c2)CC1. The summed E-state index contributed by atoms with van der Waals surface area (Å²) >= 11 is 3.54. The van der Waals surface area contributed by atoms with Gasteiger partial charge in [-0.15, -0.1) is 0 Å². The number of carbonyl (C=O) groups excluding carboxylic acids is 1. The van der Waals surface area contributed by atoms with Gasteiger partial charge in [-0.25, -0.2) is 0 Å². The predicted molar refractivity (Wildman–Crippen MR) is 112 cm³/mol. The molecule has 4 heteroatoms. The molecule has 1 saturated heterocycles. The van der Waals surface area contributed by atoms with E-state index in [1.807, 2.05) is 42.2 Å². The summed E-state index contributed by atoms with van der Waals surface area (Å²) in [6, 6.07) is 19.0. The first-order valence-corrected chi connectivity index (χ1v) is 10.3. The van der Waals surface area contributed by atoms with Gasteiger partial charge in [-0.05, 0) is 49.1 Å². The number of anilines is 1. The van der Waals surface area contributed by atoms with Crippen LogP contribution >= 0.6 is 15.9 Å². The zero-order chi connectivity index (χ0) is 18.4. The molecule has 1 heterocycles. The number of halogens is 1. The normalized spacial score (nSPS) is 15.8. The van der Waals surface area contributed by atoms with Crippen molar-refractivity contribution in [2.24, 2.45) is 0 Å². The number of nitrogens with zero attached hydrogens (tertiary/aromatic N) is 2. The second-order valence-corrected chi connectivity index (χ2v) is 7.82. The van der Waals surface area contributed by atoms with Gasteiger partial charge in [-0.2, -0.15) is 0 Å². The van der Waals surface area contributed by atoms with Crippen LogP contribution in [0.2, 0.25) is 0 Å². The Bertz CT molecular complexity index is 711. The number of carbonyl (C=O) groups is 1. The molecular formula is C22H27BrN2O. The van der Waals surface area contributed by atoms with E-state index >= 15 is 0 Å². The number of rotatable bonds is 6. The molecule has 3 rings (SSSR count). The summed E-state index contributed by atoms with van der Waals surface area (Å²) in [6.45, 7) is 5.14. The predicted octanol–water partition coefficient (Wildman–Crippen LogP) is 4.90. The van der Waals surface area contributed by atoms with Crippen molar-refractivity contribution in [1.82, 2.24) is 4.90 Å². The van der Waals surface area contributed by atoms with Crippen LogP contribution in [0.25, 0.3) is 0 Å². The molecule has 0 spiro atoms. The van der Waals surface area contributed by atoms with Crippen molar-refractivity contribution < 1.29 is 4.79 Å². The molecule has 2 aromatic carbocycles. The van der Waals surface area contributed by atoms with Crippen molar-refractivity contribution >= 4 is 27.5 Å². The van der Waals surface area contributed by atoms with Crippen molar-refractivity contribution in [3.63, 3.8) is 0 Å². The summed E-state index contributed by atoms with van der Waals surface area (Å²) in [5.41, 5.74) is 2.40. The number of likely N-dealkylation sites (tertiary alicyclic amines) is 1. The lowest BCUT2D eigenvalue weighted by Crippen LogP contribution is -2.47. The Kier molecular flexibility index (Phi) is 6.86. The fraction of sp³-hybridized carbons (Fsp3) is 0.409. The minimum absolute atomic E-state index is 0.226. The van der Waals surface area contributed by atoms with Crippen LogP contribution in [0.5, 0.6) is 0 Å². The lowest BCUT2D eigenvalue weighted by molar-refractivity contribution is -0.119. The third-order valence-electron chi connectivity index (χ3n) is 5.13. The topological polar surface area (TPSA) is 23.6 Å². The quantitative estimate of drug-likeness (QED) is 0.670. The van der Waals surface area contributed by atoms with E-state index in [1.54, 1.807) is 0 Å². The molecule has 138 valence electrons. The first kappa shape index (κ1) is 19.1. The molecule has 0 atom stereocenters. The van der Waals surface area contributed by atoms with Gasteiger partial charge in [-0.3, -0.25) is 4.79 Å². The zero-order valence-corrected chi connectivity index (χ0v) is 17.0. The number of para-hydroxylation sites is 1. The van der Waals surface area contributed by atoms with Crippen LogP contribution in [0.15, 0.2) is 59.1 Å². The highest BCUT2D eigenvalue weighted by molar-refractivity contribution is 9.10. The third kappa shape index (κ3) is 4.95. The molecule has 1 amide bonds. The van der Waals surface area contributed by atoms with Crippen LogP contribution < -0.4 is 4.90 Å². The van der Waals surface area contributed by atoms with Crippen LogP contribution in [0, 0.1) is 0 Å². The molecule has 0 N–H and O–H groups in total. The Hall–Kier alpha value is -1.65. The summed E-state index contributed by atoms with van der Waals surface area (Å²) in [5, 5.41) is 0. The van der Waals surface area contributed by atoms with Gasteiger partial charge >= 0.3 is 0 Å². The summed E-state index contributed by atoms with van der Waals surface area (Å²) in [4.78, 5) is 17.1. The second kappa shape index (κ2) is 9.33. The Labute approximate surface area is 165 Å². The van der Waals surface area contributed by atoms with Crippen LogP contribution in [-0.4, -0.2) is 36.5 Å². The molecule has 3 nitrogen and oxygen atoms in total. The summed E-state index contributed by atoms with van der Waals surface area (Å²) in [7, 11) is 0. The van der Waals surface area contributed by atoms with E-state index < -0.39 is 0 Å². The molecule has 1 aliphatic heterocycles. The summed E-state index contributed by atoms with van der Waals surface area (Å²) in [6.07, 6.45) is 3.70. The Morgan fingerprint density at radius 3 is 2.50 bits per heavy atom. The highest BCUT2D eigenvalue weighted by Crippen LogP contribution is 2.24. The highest BCUT2D eigenvalue weighted by atomic mass is 79.9. The van der Waals surface area contributed by atoms with Gasteiger partial charge in [-0.1, -0.05) is 53.2 Å². The molecule has 0 radical (unpaired) electrons. The van der Waals surface area contributed by atoms with Crippen molar-refractivity contribution in [2.75, 3.05) is 24.5 Å². The number of benzene rings is 2. The van der Waals surface area contributed by atoms with E-state index in [-0.39, 0.29) is 5.91 Å².